The van der Waals surface area contributed by atoms with Gasteiger partial charge in [-0.05, 0) is 53.3 Å². The molecule has 0 aromatic heterocycles. The molecule has 3 N–H and O–H groups in total. The van der Waals surface area contributed by atoms with Crippen LogP contribution in [0.2, 0.25) is 0 Å². The van der Waals surface area contributed by atoms with Crippen LogP contribution in [0.25, 0.3) is 0 Å². The SMILES string of the molecule is CCCC(Oc1ccc(I)cc1)C(=O)NN. The lowest BCUT2D eigenvalue weighted by Gasteiger charge is -2.16. The standard InChI is InChI=1S/C11H15IN2O2/c1-2-3-10(11(15)14-13)16-9-6-4-8(12)5-7-9/h4-7,10H,2-3,13H2,1H3,(H,14,15). The minimum Gasteiger partial charge on any atom is -0.481 e. The lowest BCUT2D eigenvalue weighted by Crippen LogP contribution is -2.42. The monoisotopic (exact) mass is 334 g/mol. The summed E-state index contributed by atoms with van der Waals surface area (Å²) in [6.45, 7) is 1.99. The predicted molar refractivity (Wildman–Crippen MR) is 70.8 cm³/mol. The Kier molecular flexibility index (Phi) is 5.54. The second-order valence-electron chi connectivity index (χ2n) is 3.36. The molecule has 0 heterocycles. The largest absolute Gasteiger partial charge is 0.481 e. The first-order chi connectivity index (χ1) is 7.67. The van der Waals surface area contributed by atoms with E-state index in [-0.39, 0.29) is 5.91 Å². The van der Waals surface area contributed by atoms with Gasteiger partial charge in [0.15, 0.2) is 6.10 Å². The van der Waals surface area contributed by atoms with Gasteiger partial charge in [-0.2, -0.15) is 0 Å². The fourth-order valence-corrected chi connectivity index (χ4v) is 1.64. The molecular formula is C11H15IN2O2. The minimum absolute atomic E-state index is 0.291. The lowest BCUT2D eigenvalue weighted by atomic mass is 10.2. The Balaban J connectivity index is 2.67. The van der Waals surface area contributed by atoms with Crippen molar-refractivity contribution >= 4 is 28.5 Å². The molecule has 16 heavy (non-hydrogen) atoms. The number of amides is 1. The number of halogens is 1. The molecule has 0 aliphatic heterocycles. The highest BCUT2D eigenvalue weighted by Gasteiger charge is 2.18. The highest BCUT2D eigenvalue weighted by Crippen LogP contribution is 2.16. The van der Waals surface area contributed by atoms with Crippen LogP contribution in [0, 0.1) is 3.57 Å². The maximum atomic E-state index is 11.4. The number of carbonyl (C=O) groups excluding carboxylic acids is 1. The average molecular weight is 334 g/mol. The van der Waals surface area contributed by atoms with Gasteiger partial charge in [0.25, 0.3) is 5.91 Å². The number of ether oxygens (including phenoxy) is 1. The lowest BCUT2D eigenvalue weighted by molar-refractivity contribution is -0.128. The van der Waals surface area contributed by atoms with E-state index in [9.17, 15) is 4.79 Å². The van der Waals surface area contributed by atoms with E-state index in [1.807, 2.05) is 31.2 Å². The summed E-state index contributed by atoms with van der Waals surface area (Å²) in [5.74, 6) is 5.49. The third kappa shape index (κ3) is 3.97. The van der Waals surface area contributed by atoms with Crippen LogP contribution < -0.4 is 16.0 Å². The van der Waals surface area contributed by atoms with Gasteiger partial charge in [0.2, 0.25) is 0 Å². The second-order valence-corrected chi connectivity index (χ2v) is 4.60. The summed E-state index contributed by atoms with van der Waals surface area (Å²) in [4.78, 5) is 11.4. The number of rotatable bonds is 5. The molecule has 0 aliphatic carbocycles. The first-order valence-electron chi connectivity index (χ1n) is 5.10. The molecule has 1 atom stereocenters. The molecule has 0 saturated carbocycles. The van der Waals surface area contributed by atoms with Crippen molar-refractivity contribution in [3.05, 3.63) is 27.8 Å². The van der Waals surface area contributed by atoms with Crippen molar-refractivity contribution in [3.63, 3.8) is 0 Å². The molecule has 1 aromatic rings. The topological polar surface area (TPSA) is 64.3 Å². The molecule has 0 saturated heterocycles. The van der Waals surface area contributed by atoms with E-state index in [0.29, 0.717) is 12.2 Å². The molecule has 1 rings (SSSR count). The fraction of sp³-hybridized carbons (Fsp3) is 0.364. The summed E-state index contributed by atoms with van der Waals surface area (Å²) in [6, 6.07) is 7.54. The van der Waals surface area contributed by atoms with E-state index in [0.717, 1.165) is 9.99 Å². The van der Waals surface area contributed by atoms with Gasteiger partial charge in [-0.3, -0.25) is 10.2 Å². The zero-order valence-electron chi connectivity index (χ0n) is 9.07. The van der Waals surface area contributed by atoms with Gasteiger partial charge in [0, 0.05) is 3.57 Å². The number of hydrazine groups is 1. The number of hydrogen-bond donors (Lipinski definition) is 2. The van der Waals surface area contributed by atoms with Gasteiger partial charge in [0.1, 0.15) is 5.75 Å². The van der Waals surface area contributed by atoms with Crippen molar-refractivity contribution in [2.75, 3.05) is 0 Å². The van der Waals surface area contributed by atoms with Crippen molar-refractivity contribution < 1.29 is 9.53 Å². The number of carbonyl (C=O) groups is 1. The third-order valence-electron chi connectivity index (χ3n) is 2.08. The van der Waals surface area contributed by atoms with Gasteiger partial charge in [-0.15, -0.1) is 0 Å². The zero-order valence-corrected chi connectivity index (χ0v) is 11.2. The Labute approximate surface area is 109 Å². The smallest absolute Gasteiger partial charge is 0.274 e. The first kappa shape index (κ1) is 13.2. The summed E-state index contributed by atoms with van der Waals surface area (Å²) in [7, 11) is 0. The Bertz CT molecular complexity index is 340. The number of benzene rings is 1. The zero-order chi connectivity index (χ0) is 12.0. The predicted octanol–water partition coefficient (Wildman–Crippen LogP) is 1.83. The Hall–Kier alpha value is -0.820. The third-order valence-corrected chi connectivity index (χ3v) is 2.80. The molecule has 5 heteroatoms. The quantitative estimate of drug-likeness (QED) is 0.374. The van der Waals surface area contributed by atoms with Crippen LogP contribution in [0.5, 0.6) is 5.75 Å². The molecule has 1 amide bonds. The van der Waals surface area contributed by atoms with Crippen LogP contribution in [0.4, 0.5) is 0 Å². The highest BCUT2D eigenvalue weighted by molar-refractivity contribution is 14.1. The fourth-order valence-electron chi connectivity index (χ4n) is 1.28. The highest BCUT2D eigenvalue weighted by atomic mass is 127. The van der Waals surface area contributed by atoms with Gasteiger partial charge in [-0.1, -0.05) is 13.3 Å². The van der Waals surface area contributed by atoms with E-state index in [4.69, 9.17) is 10.6 Å². The Morgan fingerprint density at radius 2 is 2.12 bits per heavy atom. The maximum absolute atomic E-state index is 11.4. The van der Waals surface area contributed by atoms with E-state index >= 15 is 0 Å². The van der Waals surface area contributed by atoms with Crippen LogP contribution in [-0.2, 0) is 4.79 Å². The molecule has 0 fully saturated rings. The van der Waals surface area contributed by atoms with E-state index in [2.05, 4.69) is 28.0 Å². The van der Waals surface area contributed by atoms with Crippen LogP contribution >= 0.6 is 22.6 Å². The van der Waals surface area contributed by atoms with E-state index in [1.165, 1.54) is 0 Å². The van der Waals surface area contributed by atoms with Gasteiger partial charge in [0.05, 0.1) is 0 Å². The molecule has 0 aliphatic rings. The second kappa shape index (κ2) is 6.70. The molecule has 88 valence electrons. The maximum Gasteiger partial charge on any atom is 0.274 e. The molecule has 0 radical (unpaired) electrons. The summed E-state index contributed by atoms with van der Waals surface area (Å²) in [6.07, 6.45) is 0.993. The number of hydrogen-bond acceptors (Lipinski definition) is 3. The molecule has 0 spiro atoms. The normalized spacial score (nSPS) is 11.9. The minimum atomic E-state index is -0.518. The van der Waals surface area contributed by atoms with Crippen LogP contribution in [-0.4, -0.2) is 12.0 Å². The van der Waals surface area contributed by atoms with Gasteiger partial charge in [-0.25, -0.2) is 5.84 Å². The van der Waals surface area contributed by atoms with Crippen molar-refractivity contribution in [1.29, 1.82) is 0 Å². The van der Waals surface area contributed by atoms with E-state index < -0.39 is 6.10 Å². The number of nitrogens with one attached hydrogen (secondary N) is 1. The van der Waals surface area contributed by atoms with Gasteiger partial charge >= 0.3 is 0 Å². The summed E-state index contributed by atoms with van der Waals surface area (Å²) >= 11 is 2.21. The Morgan fingerprint density at radius 3 is 2.62 bits per heavy atom. The first-order valence-corrected chi connectivity index (χ1v) is 6.18. The van der Waals surface area contributed by atoms with Crippen molar-refractivity contribution in [2.45, 2.75) is 25.9 Å². The molecule has 1 unspecified atom stereocenters. The van der Waals surface area contributed by atoms with E-state index in [1.54, 1.807) is 0 Å². The molecule has 4 nitrogen and oxygen atoms in total. The molecule has 1 aromatic carbocycles. The van der Waals surface area contributed by atoms with Crippen molar-refractivity contribution in [3.8, 4) is 5.75 Å². The van der Waals surface area contributed by atoms with Crippen molar-refractivity contribution in [1.82, 2.24) is 5.43 Å². The molecule has 0 bridgehead atoms. The molecular weight excluding hydrogens is 319 g/mol. The summed E-state index contributed by atoms with van der Waals surface area (Å²) in [5, 5.41) is 0. The van der Waals surface area contributed by atoms with Crippen LogP contribution in [0.15, 0.2) is 24.3 Å². The average Bonchev–Trinajstić information content (AvgIpc) is 2.30. The van der Waals surface area contributed by atoms with Crippen LogP contribution in [0.1, 0.15) is 19.8 Å². The Morgan fingerprint density at radius 1 is 1.50 bits per heavy atom. The number of nitrogens with two attached hydrogens (primary N) is 1. The van der Waals surface area contributed by atoms with Crippen LogP contribution in [0.3, 0.4) is 0 Å². The van der Waals surface area contributed by atoms with Crippen molar-refractivity contribution in [2.24, 2.45) is 5.84 Å². The summed E-state index contributed by atoms with van der Waals surface area (Å²) < 4.78 is 6.69. The van der Waals surface area contributed by atoms with Gasteiger partial charge < -0.3 is 4.74 Å². The summed E-state index contributed by atoms with van der Waals surface area (Å²) in [5.41, 5.74) is 2.12.